The third-order valence-corrected chi connectivity index (χ3v) is 3.81. The van der Waals surface area contributed by atoms with Crippen LogP contribution < -0.4 is 10.1 Å². The monoisotopic (exact) mass is 324 g/mol. The number of hydrogen-bond donors (Lipinski definition) is 1. The molecule has 2 aromatic rings. The maximum atomic E-state index is 12.3. The first-order valence-electron chi connectivity index (χ1n) is 7.99. The second-order valence-electron chi connectivity index (χ2n) is 5.69. The third kappa shape index (κ3) is 5.25. The first-order valence-corrected chi connectivity index (χ1v) is 7.99. The van der Waals surface area contributed by atoms with E-state index in [0.717, 1.165) is 17.0 Å². The minimum atomic E-state index is -0.234. The van der Waals surface area contributed by atoms with Gasteiger partial charge in [0, 0.05) is 12.2 Å². The number of amides is 1. The molecule has 0 bridgehead atoms. The number of anilines is 1. The fourth-order valence-electron chi connectivity index (χ4n) is 2.24. The van der Waals surface area contributed by atoms with Crippen LogP contribution in [0.25, 0.3) is 0 Å². The number of para-hydroxylation sites is 1. The first kappa shape index (κ1) is 17.8. The summed E-state index contributed by atoms with van der Waals surface area (Å²) in [4.78, 5) is 14.3. The van der Waals surface area contributed by atoms with Crippen molar-refractivity contribution in [3.05, 3.63) is 72.8 Å². The van der Waals surface area contributed by atoms with Crippen LogP contribution in [0.15, 0.2) is 67.3 Å². The minimum Gasteiger partial charge on any atom is -0.490 e. The van der Waals surface area contributed by atoms with Crippen molar-refractivity contribution in [2.45, 2.75) is 19.5 Å². The molecule has 1 atom stereocenters. The fourth-order valence-corrected chi connectivity index (χ4v) is 2.24. The van der Waals surface area contributed by atoms with Crippen molar-refractivity contribution in [3.63, 3.8) is 0 Å². The summed E-state index contributed by atoms with van der Waals surface area (Å²) in [7, 11) is 1.94. The Balaban J connectivity index is 1.89. The third-order valence-electron chi connectivity index (χ3n) is 3.81. The van der Waals surface area contributed by atoms with Crippen LogP contribution in [0, 0.1) is 0 Å². The van der Waals surface area contributed by atoms with Gasteiger partial charge in [0.25, 0.3) is 0 Å². The van der Waals surface area contributed by atoms with E-state index in [1.54, 1.807) is 6.08 Å². The van der Waals surface area contributed by atoms with Crippen LogP contribution in [0.5, 0.6) is 5.75 Å². The zero-order valence-corrected chi connectivity index (χ0v) is 14.2. The van der Waals surface area contributed by atoms with E-state index in [-0.39, 0.29) is 11.9 Å². The standard InChI is InChI=1S/C20H24N2O2/c1-4-14-24-19-12-10-17(11-13-19)15-22(3)16(2)20(23)21-18-8-6-5-7-9-18/h4-13,16H,1,14-15H2,2-3H3,(H,21,23)/t16-/m1/s1. The molecule has 0 aliphatic rings. The molecule has 0 saturated carbocycles. The molecule has 0 aliphatic carbocycles. The summed E-state index contributed by atoms with van der Waals surface area (Å²) in [6, 6.07) is 17.1. The summed E-state index contributed by atoms with van der Waals surface area (Å²) in [6.07, 6.45) is 1.72. The lowest BCUT2D eigenvalue weighted by atomic mass is 10.1. The number of ether oxygens (including phenoxy) is 1. The van der Waals surface area contributed by atoms with E-state index in [4.69, 9.17) is 4.74 Å². The van der Waals surface area contributed by atoms with E-state index in [9.17, 15) is 4.79 Å². The SMILES string of the molecule is C=CCOc1ccc(CN(C)[C@H](C)C(=O)Nc2ccccc2)cc1. The Bertz CT molecular complexity index is 653. The highest BCUT2D eigenvalue weighted by atomic mass is 16.5. The van der Waals surface area contributed by atoms with E-state index in [0.29, 0.717) is 13.2 Å². The van der Waals surface area contributed by atoms with Crippen LogP contribution in [0.4, 0.5) is 5.69 Å². The van der Waals surface area contributed by atoms with Gasteiger partial charge in [0.15, 0.2) is 0 Å². The smallest absolute Gasteiger partial charge is 0.241 e. The first-order chi connectivity index (χ1) is 11.6. The van der Waals surface area contributed by atoms with Gasteiger partial charge >= 0.3 is 0 Å². The van der Waals surface area contributed by atoms with Gasteiger partial charge in [-0.1, -0.05) is 43.0 Å². The molecule has 24 heavy (non-hydrogen) atoms. The van der Waals surface area contributed by atoms with Crippen molar-refractivity contribution in [1.82, 2.24) is 4.90 Å². The van der Waals surface area contributed by atoms with Gasteiger partial charge in [-0.25, -0.2) is 0 Å². The number of nitrogens with zero attached hydrogens (tertiary/aromatic N) is 1. The average molecular weight is 324 g/mol. The molecular weight excluding hydrogens is 300 g/mol. The molecule has 0 heterocycles. The zero-order chi connectivity index (χ0) is 17.4. The number of nitrogens with one attached hydrogen (secondary N) is 1. The number of hydrogen-bond acceptors (Lipinski definition) is 3. The predicted molar refractivity (Wildman–Crippen MR) is 98.1 cm³/mol. The van der Waals surface area contributed by atoms with Crippen LogP contribution in [0.2, 0.25) is 0 Å². The summed E-state index contributed by atoms with van der Waals surface area (Å²) >= 11 is 0. The molecule has 0 saturated heterocycles. The van der Waals surface area contributed by atoms with Crippen LogP contribution in [0.3, 0.4) is 0 Å². The summed E-state index contributed by atoms with van der Waals surface area (Å²) < 4.78 is 5.47. The highest BCUT2D eigenvalue weighted by Crippen LogP contribution is 2.15. The molecule has 0 unspecified atom stereocenters. The van der Waals surface area contributed by atoms with Gasteiger partial charge in [0.1, 0.15) is 12.4 Å². The lowest BCUT2D eigenvalue weighted by Gasteiger charge is -2.24. The Hall–Kier alpha value is -2.59. The molecule has 2 aromatic carbocycles. The van der Waals surface area contributed by atoms with Gasteiger partial charge in [-0.2, -0.15) is 0 Å². The van der Waals surface area contributed by atoms with Crippen molar-refractivity contribution in [3.8, 4) is 5.75 Å². The highest BCUT2D eigenvalue weighted by molar-refractivity contribution is 5.94. The van der Waals surface area contributed by atoms with E-state index in [1.807, 2.05) is 73.5 Å². The van der Waals surface area contributed by atoms with Gasteiger partial charge in [-0.3, -0.25) is 9.69 Å². The number of rotatable bonds is 8. The molecule has 0 aromatic heterocycles. The van der Waals surface area contributed by atoms with Gasteiger partial charge < -0.3 is 10.1 Å². The van der Waals surface area contributed by atoms with Crippen molar-refractivity contribution >= 4 is 11.6 Å². The van der Waals surface area contributed by atoms with Crippen molar-refractivity contribution in [1.29, 1.82) is 0 Å². The summed E-state index contributed by atoms with van der Waals surface area (Å²) in [6.45, 7) is 6.71. The van der Waals surface area contributed by atoms with Crippen LogP contribution in [-0.4, -0.2) is 30.5 Å². The second kappa shape index (κ2) is 8.89. The molecule has 126 valence electrons. The molecule has 0 spiro atoms. The molecule has 1 N–H and O–H groups in total. The highest BCUT2D eigenvalue weighted by Gasteiger charge is 2.18. The maximum absolute atomic E-state index is 12.3. The van der Waals surface area contributed by atoms with Crippen LogP contribution in [0.1, 0.15) is 12.5 Å². The number of likely N-dealkylation sites (N-methyl/N-ethyl adjacent to an activating group) is 1. The van der Waals surface area contributed by atoms with Gasteiger partial charge in [0.2, 0.25) is 5.91 Å². The fraction of sp³-hybridized carbons (Fsp3) is 0.250. The Morgan fingerprint density at radius 1 is 1.21 bits per heavy atom. The Labute approximate surface area is 143 Å². The van der Waals surface area contributed by atoms with Gasteiger partial charge in [-0.15, -0.1) is 0 Å². The number of benzene rings is 2. The quantitative estimate of drug-likeness (QED) is 0.753. The van der Waals surface area contributed by atoms with Gasteiger partial charge in [-0.05, 0) is 43.8 Å². The lowest BCUT2D eigenvalue weighted by Crippen LogP contribution is -2.39. The Morgan fingerprint density at radius 2 is 1.88 bits per heavy atom. The van der Waals surface area contributed by atoms with E-state index in [2.05, 4.69) is 11.9 Å². The second-order valence-corrected chi connectivity index (χ2v) is 5.69. The molecule has 0 radical (unpaired) electrons. The molecular formula is C20H24N2O2. The molecule has 4 heteroatoms. The number of carbonyl (C=O) groups is 1. The summed E-state index contributed by atoms with van der Waals surface area (Å²) in [5.41, 5.74) is 1.94. The van der Waals surface area contributed by atoms with Crippen molar-refractivity contribution < 1.29 is 9.53 Å². The van der Waals surface area contributed by atoms with Crippen molar-refractivity contribution in [2.75, 3.05) is 19.0 Å². The van der Waals surface area contributed by atoms with E-state index >= 15 is 0 Å². The van der Waals surface area contributed by atoms with Crippen LogP contribution in [-0.2, 0) is 11.3 Å². The summed E-state index contributed by atoms with van der Waals surface area (Å²) in [5.74, 6) is 0.797. The number of carbonyl (C=O) groups excluding carboxylic acids is 1. The molecule has 1 amide bonds. The predicted octanol–water partition coefficient (Wildman–Crippen LogP) is 3.71. The molecule has 4 nitrogen and oxygen atoms in total. The van der Waals surface area contributed by atoms with Crippen LogP contribution >= 0.6 is 0 Å². The maximum Gasteiger partial charge on any atom is 0.241 e. The van der Waals surface area contributed by atoms with Gasteiger partial charge in [0.05, 0.1) is 6.04 Å². The lowest BCUT2D eigenvalue weighted by molar-refractivity contribution is -0.120. The molecule has 0 fully saturated rings. The molecule has 2 rings (SSSR count). The average Bonchev–Trinajstić information content (AvgIpc) is 2.61. The largest absolute Gasteiger partial charge is 0.490 e. The Kier molecular flexibility index (Phi) is 6.58. The zero-order valence-electron chi connectivity index (χ0n) is 14.2. The minimum absolute atomic E-state index is 0.0189. The van der Waals surface area contributed by atoms with Crippen molar-refractivity contribution in [2.24, 2.45) is 0 Å². The topological polar surface area (TPSA) is 41.6 Å². The summed E-state index contributed by atoms with van der Waals surface area (Å²) in [5, 5.41) is 2.93. The molecule has 0 aliphatic heterocycles. The van der Waals surface area contributed by atoms with E-state index < -0.39 is 0 Å². The normalized spacial score (nSPS) is 11.8. The van der Waals surface area contributed by atoms with E-state index in [1.165, 1.54) is 0 Å². The Morgan fingerprint density at radius 3 is 2.50 bits per heavy atom.